The summed E-state index contributed by atoms with van der Waals surface area (Å²) in [6, 6.07) is -0.689. The quantitative estimate of drug-likeness (QED) is 0.637. The van der Waals surface area contributed by atoms with Gasteiger partial charge in [0.25, 0.3) is 6.43 Å². The van der Waals surface area contributed by atoms with Crippen LogP contribution in [0.3, 0.4) is 0 Å². The smallest absolute Gasteiger partial charge is 0.320 e. The number of nitrogens with zero attached hydrogens (tertiary/aromatic N) is 5. The van der Waals surface area contributed by atoms with E-state index in [1.165, 1.54) is 7.11 Å². The zero-order valence-corrected chi connectivity index (χ0v) is 18.7. The molecule has 1 atom stereocenters. The molecule has 1 saturated heterocycles. The summed E-state index contributed by atoms with van der Waals surface area (Å²) in [5.41, 5.74) is 2.70. The van der Waals surface area contributed by atoms with Crippen molar-refractivity contribution in [2.45, 2.75) is 25.8 Å². The number of carbonyl (C=O) groups excluding carboxylic acids is 1. The van der Waals surface area contributed by atoms with E-state index in [4.69, 9.17) is 14.7 Å². The third-order valence-electron chi connectivity index (χ3n) is 5.21. The number of methoxy groups -OCH3 is 1. The highest BCUT2D eigenvalue weighted by Gasteiger charge is 2.28. The highest BCUT2D eigenvalue weighted by atomic mass is 19.3. The minimum absolute atomic E-state index is 0.117. The second kappa shape index (κ2) is 10.5. The topological polar surface area (TPSA) is 106 Å². The standard InChI is InChI=1S/C22H25F2N7O3/c1-14-19(15-9-25-22(33-2)26-10-15)29-31(17-7-5-3-4-6-8-17)20(14)28-21(32)27-16-11-30(34-13-16)12-18(23)24/h3,5-10,16,18H,4,11-13H2,1-2H3,(H2,27,28,32)/t16-/m1/s1. The molecule has 34 heavy (non-hydrogen) atoms. The van der Waals surface area contributed by atoms with Gasteiger partial charge in [-0.2, -0.15) is 10.2 Å². The second-order valence-electron chi connectivity index (χ2n) is 7.68. The number of halogens is 2. The number of hydrogen-bond acceptors (Lipinski definition) is 7. The lowest BCUT2D eigenvalue weighted by Gasteiger charge is -2.15. The van der Waals surface area contributed by atoms with Crippen LogP contribution in [0.5, 0.6) is 6.01 Å². The van der Waals surface area contributed by atoms with Crippen LogP contribution >= 0.6 is 0 Å². The van der Waals surface area contributed by atoms with E-state index < -0.39 is 25.0 Å². The molecule has 1 aliphatic heterocycles. The first kappa shape index (κ1) is 23.5. The molecule has 2 aliphatic rings. The number of alkyl halides is 2. The number of allylic oxidation sites excluding steroid dienone is 6. The lowest BCUT2D eigenvalue weighted by atomic mass is 10.1. The first-order valence-electron chi connectivity index (χ1n) is 10.7. The van der Waals surface area contributed by atoms with E-state index in [9.17, 15) is 13.6 Å². The maximum atomic E-state index is 12.8. The van der Waals surface area contributed by atoms with Crippen molar-refractivity contribution in [2.75, 3.05) is 32.1 Å². The molecule has 2 aromatic heterocycles. The normalized spacial score (nSPS) is 18.1. The zero-order valence-electron chi connectivity index (χ0n) is 18.7. The number of hydroxylamine groups is 2. The van der Waals surface area contributed by atoms with Gasteiger partial charge in [0.2, 0.25) is 0 Å². The average Bonchev–Trinajstić information content (AvgIpc) is 3.25. The van der Waals surface area contributed by atoms with Gasteiger partial charge in [-0.25, -0.2) is 28.2 Å². The van der Waals surface area contributed by atoms with Gasteiger partial charge in [-0.1, -0.05) is 18.2 Å². The number of rotatable bonds is 7. The van der Waals surface area contributed by atoms with Gasteiger partial charge < -0.3 is 10.1 Å². The van der Waals surface area contributed by atoms with Gasteiger partial charge in [0.15, 0.2) is 0 Å². The van der Waals surface area contributed by atoms with E-state index in [1.807, 2.05) is 37.3 Å². The molecule has 2 N–H and O–H groups in total. The predicted molar refractivity (Wildman–Crippen MR) is 121 cm³/mol. The molecule has 2 aromatic rings. The van der Waals surface area contributed by atoms with Crippen molar-refractivity contribution in [3.05, 3.63) is 48.3 Å². The van der Waals surface area contributed by atoms with Crippen LogP contribution in [0.1, 0.15) is 12.0 Å². The van der Waals surface area contributed by atoms with Gasteiger partial charge in [0.05, 0.1) is 32.0 Å². The van der Waals surface area contributed by atoms with Crippen LogP contribution in [-0.4, -0.2) is 70.1 Å². The Morgan fingerprint density at radius 1 is 1.32 bits per heavy atom. The molecule has 180 valence electrons. The van der Waals surface area contributed by atoms with Gasteiger partial charge in [0, 0.05) is 30.1 Å². The largest absolute Gasteiger partial charge is 0.467 e. The van der Waals surface area contributed by atoms with Crippen LogP contribution in [0.25, 0.3) is 17.0 Å². The molecule has 0 radical (unpaired) electrons. The minimum Gasteiger partial charge on any atom is -0.467 e. The van der Waals surface area contributed by atoms with Crippen molar-refractivity contribution in [1.29, 1.82) is 0 Å². The van der Waals surface area contributed by atoms with E-state index in [0.29, 0.717) is 22.6 Å². The third-order valence-corrected chi connectivity index (χ3v) is 5.21. The Kier molecular flexibility index (Phi) is 7.28. The summed E-state index contributed by atoms with van der Waals surface area (Å²) in [6.45, 7) is 1.61. The van der Waals surface area contributed by atoms with Crippen molar-refractivity contribution in [1.82, 2.24) is 30.1 Å². The SMILES string of the molecule is COc1ncc(-c2nn(C3=CC=CCC=C3)c(NC(=O)N[C@H]3CON(CC(F)F)C3)c2C)cn1. The van der Waals surface area contributed by atoms with E-state index in [0.717, 1.165) is 17.2 Å². The van der Waals surface area contributed by atoms with Crippen LogP contribution in [0, 0.1) is 6.92 Å². The number of carbonyl (C=O) groups is 1. The molecule has 0 saturated carbocycles. The summed E-state index contributed by atoms with van der Waals surface area (Å²) in [7, 11) is 1.48. The number of urea groups is 1. The van der Waals surface area contributed by atoms with Crippen LogP contribution < -0.4 is 15.4 Å². The van der Waals surface area contributed by atoms with Gasteiger partial charge in [-0.05, 0) is 25.5 Å². The zero-order chi connectivity index (χ0) is 24.1. The monoisotopic (exact) mass is 473 g/mol. The maximum Gasteiger partial charge on any atom is 0.320 e. The fourth-order valence-corrected chi connectivity index (χ4v) is 3.60. The molecule has 1 fully saturated rings. The number of nitrogens with one attached hydrogen (secondary N) is 2. The highest BCUT2D eigenvalue weighted by Crippen LogP contribution is 2.30. The summed E-state index contributed by atoms with van der Waals surface area (Å²) in [5, 5.41) is 11.5. The molecule has 2 amide bonds. The predicted octanol–water partition coefficient (Wildman–Crippen LogP) is 3.02. The molecule has 0 unspecified atom stereocenters. The summed E-state index contributed by atoms with van der Waals surface area (Å²) in [5.74, 6) is 0.456. The van der Waals surface area contributed by atoms with Gasteiger partial charge in [-0.15, -0.1) is 0 Å². The van der Waals surface area contributed by atoms with Crippen molar-refractivity contribution in [3.8, 4) is 17.3 Å². The maximum absolute atomic E-state index is 12.8. The van der Waals surface area contributed by atoms with Crippen LogP contribution in [0.4, 0.5) is 19.4 Å². The highest BCUT2D eigenvalue weighted by molar-refractivity contribution is 5.91. The van der Waals surface area contributed by atoms with Crippen molar-refractivity contribution < 1.29 is 23.1 Å². The Morgan fingerprint density at radius 2 is 2.12 bits per heavy atom. The molecule has 0 aromatic carbocycles. The molecular formula is C22H25F2N7O3. The van der Waals surface area contributed by atoms with E-state index >= 15 is 0 Å². The van der Waals surface area contributed by atoms with Crippen LogP contribution in [-0.2, 0) is 4.84 Å². The molecule has 0 spiro atoms. The fourth-order valence-electron chi connectivity index (χ4n) is 3.60. The average molecular weight is 473 g/mol. The van der Waals surface area contributed by atoms with E-state index in [-0.39, 0.29) is 19.2 Å². The number of amides is 2. The summed E-state index contributed by atoms with van der Waals surface area (Å²) in [4.78, 5) is 26.3. The minimum atomic E-state index is -2.51. The number of aromatic nitrogens is 4. The van der Waals surface area contributed by atoms with E-state index in [2.05, 4.69) is 20.6 Å². The van der Waals surface area contributed by atoms with Crippen LogP contribution in [0.2, 0.25) is 0 Å². The van der Waals surface area contributed by atoms with Gasteiger partial charge in [0.1, 0.15) is 11.5 Å². The molecule has 1 aliphatic carbocycles. The first-order chi connectivity index (χ1) is 16.4. The summed E-state index contributed by atoms with van der Waals surface area (Å²) in [6.07, 6.45) is 11.2. The van der Waals surface area contributed by atoms with Crippen LogP contribution in [0.15, 0.2) is 42.8 Å². The number of hydrogen-bond donors (Lipinski definition) is 2. The molecule has 12 heteroatoms. The van der Waals surface area contributed by atoms with Gasteiger partial charge in [-0.3, -0.25) is 10.2 Å². The molecule has 3 heterocycles. The second-order valence-corrected chi connectivity index (χ2v) is 7.68. The van der Waals surface area contributed by atoms with Crippen molar-refractivity contribution in [2.24, 2.45) is 0 Å². The Morgan fingerprint density at radius 3 is 2.85 bits per heavy atom. The Labute approximate surface area is 194 Å². The Hall–Kier alpha value is -3.64. The van der Waals surface area contributed by atoms with Gasteiger partial charge >= 0.3 is 12.0 Å². The number of ether oxygens (including phenoxy) is 1. The Bertz CT molecular complexity index is 1110. The summed E-state index contributed by atoms with van der Waals surface area (Å²) >= 11 is 0. The molecule has 0 bridgehead atoms. The third kappa shape index (κ3) is 5.46. The van der Waals surface area contributed by atoms with E-state index in [1.54, 1.807) is 17.1 Å². The first-order valence-corrected chi connectivity index (χ1v) is 10.7. The molecule has 4 rings (SSSR count). The molecular weight excluding hydrogens is 448 g/mol. The summed E-state index contributed by atoms with van der Waals surface area (Å²) < 4.78 is 31.8. The lowest BCUT2D eigenvalue weighted by Crippen LogP contribution is -2.41. The Balaban J connectivity index is 1.58. The fraction of sp³-hybridized carbons (Fsp3) is 0.364. The molecule has 10 nitrogen and oxygen atoms in total. The lowest BCUT2D eigenvalue weighted by molar-refractivity contribution is -0.133. The number of anilines is 1. The van der Waals surface area contributed by atoms with Crippen molar-refractivity contribution in [3.63, 3.8) is 0 Å². The van der Waals surface area contributed by atoms with Crippen molar-refractivity contribution >= 4 is 17.5 Å².